The molecule has 0 rings (SSSR count). The van der Waals surface area contributed by atoms with Gasteiger partial charge in [-0.3, -0.25) is 14.4 Å². The lowest BCUT2D eigenvalue weighted by Crippen LogP contribution is -2.30. The fourth-order valence-electron chi connectivity index (χ4n) is 8.11. The first-order valence-corrected chi connectivity index (χ1v) is 29.7. The highest BCUT2D eigenvalue weighted by molar-refractivity contribution is 5.71. The lowest BCUT2D eigenvalue weighted by atomic mass is 10.0. The van der Waals surface area contributed by atoms with Gasteiger partial charge in [0.15, 0.2) is 6.10 Å². The largest absolute Gasteiger partial charge is 0.462 e. The van der Waals surface area contributed by atoms with E-state index in [0.29, 0.717) is 19.3 Å². The number of carbonyl (C=O) groups excluding carboxylic acids is 3. The van der Waals surface area contributed by atoms with E-state index in [1.807, 2.05) is 12.2 Å². The van der Waals surface area contributed by atoms with E-state index in [4.69, 9.17) is 14.2 Å². The average Bonchev–Trinajstić information content (AvgIpc) is 3.37. The number of ether oxygens (including phenoxy) is 3. The van der Waals surface area contributed by atoms with Crippen LogP contribution in [0.3, 0.4) is 0 Å². The minimum Gasteiger partial charge on any atom is -0.462 e. The normalized spacial score (nSPS) is 12.8. The van der Waals surface area contributed by atoms with Crippen molar-refractivity contribution in [3.05, 3.63) is 97.2 Å². The molecule has 0 bridgehead atoms. The van der Waals surface area contributed by atoms with E-state index in [9.17, 15) is 14.4 Å². The van der Waals surface area contributed by atoms with Crippen LogP contribution in [0.4, 0.5) is 0 Å². The van der Waals surface area contributed by atoms with Crippen LogP contribution in [0.2, 0.25) is 0 Å². The maximum Gasteiger partial charge on any atom is 0.306 e. The van der Waals surface area contributed by atoms with Gasteiger partial charge in [-0.05, 0) is 109 Å². The maximum atomic E-state index is 12.8. The first-order chi connectivity index (χ1) is 35.0. The van der Waals surface area contributed by atoms with Gasteiger partial charge in [-0.25, -0.2) is 0 Å². The molecule has 406 valence electrons. The number of carbonyl (C=O) groups is 3. The monoisotopic (exact) mass is 987 g/mol. The Balaban J connectivity index is 4.29. The zero-order chi connectivity index (χ0) is 51.4. The molecule has 0 saturated carbocycles. The van der Waals surface area contributed by atoms with E-state index in [1.165, 1.54) is 141 Å². The van der Waals surface area contributed by atoms with Crippen molar-refractivity contribution in [3.63, 3.8) is 0 Å². The van der Waals surface area contributed by atoms with Crippen molar-refractivity contribution in [2.24, 2.45) is 0 Å². The lowest BCUT2D eigenvalue weighted by Gasteiger charge is -2.18. The van der Waals surface area contributed by atoms with Gasteiger partial charge in [0.05, 0.1) is 0 Å². The molecule has 0 aromatic carbocycles. The summed E-state index contributed by atoms with van der Waals surface area (Å²) in [6.07, 6.45) is 78.6. The second kappa shape index (κ2) is 58.9. The van der Waals surface area contributed by atoms with Gasteiger partial charge < -0.3 is 14.2 Å². The third kappa shape index (κ3) is 57.1. The molecule has 0 aliphatic carbocycles. The van der Waals surface area contributed by atoms with Gasteiger partial charge in [-0.15, -0.1) is 0 Å². The Morgan fingerprint density at radius 3 is 0.944 bits per heavy atom. The van der Waals surface area contributed by atoms with Gasteiger partial charge in [-0.2, -0.15) is 0 Å². The topological polar surface area (TPSA) is 78.9 Å². The summed E-state index contributed by atoms with van der Waals surface area (Å²) in [5.74, 6) is -1.00. The Kier molecular flexibility index (Phi) is 55.9. The zero-order valence-corrected chi connectivity index (χ0v) is 46.5. The Morgan fingerprint density at radius 1 is 0.296 bits per heavy atom. The third-order valence-electron chi connectivity index (χ3n) is 12.6. The number of hydrogen-bond acceptors (Lipinski definition) is 6. The molecule has 1 atom stereocenters. The Hall–Kier alpha value is -3.67. The molecular formula is C65H110O6. The van der Waals surface area contributed by atoms with Crippen LogP contribution in [0.25, 0.3) is 0 Å². The van der Waals surface area contributed by atoms with Gasteiger partial charge in [0.1, 0.15) is 13.2 Å². The number of allylic oxidation sites excluding steroid dienone is 16. The smallest absolute Gasteiger partial charge is 0.306 e. The first kappa shape index (κ1) is 67.3. The van der Waals surface area contributed by atoms with E-state index in [0.717, 1.165) is 89.9 Å². The molecule has 0 aliphatic heterocycles. The molecule has 0 fully saturated rings. The molecule has 0 aromatic rings. The van der Waals surface area contributed by atoms with Gasteiger partial charge in [-0.1, -0.05) is 246 Å². The molecule has 0 spiro atoms. The van der Waals surface area contributed by atoms with Crippen LogP contribution in [-0.2, 0) is 28.6 Å². The van der Waals surface area contributed by atoms with Gasteiger partial charge in [0, 0.05) is 19.3 Å². The van der Waals surface area contributed by atoms with Crippen LogP contribution in [0.1, 0.15) is 278 Å². The SMILES string of the molecule is CC/C=C\C/C=C\C/C=C\C/C=C\CCC(=O)OC(COC(=O)CCCCCCC/C=C\CCCCCC)COC(=O)CCCCCCCCCCCCCC/C=C\C/C=C\C/C=C\CCCCCCC. The summed E-state index contributed by atoms with van der Waals surface area (Å²) in [7, 11) is 0. The summed E-state index contributed by atoms with van der Waals surface area (Å²) < 4.78 is 16.8. The molecule has 71 heavy (non-hydrogen) atoms. The van der Waals surface area contributed by atoms with Crippen molar-refractivity contribution in [1.29, 1.82) is 0 Å². The molecule has 0 aliphatic rings. The molecular weight excluding hydrogens is 877 g/mol. The standard InChI is InChI=1S/C65H110O6/c1-4-7-10-13-16-19-22-25-26-27-28-29-30-31-32-33-34-35-36-37-38-41-43-46-49-52-55-58-64(67)70-61-62(71-65(68)59-56-53-50-47-44-40-24-21-18-15-12-9-6-3)60-69-63(66)57-54-51-48-45-42-39-23-20-17-14-11-8-5-2/h9,12,18,20-23,25,27-28,30-31,40,44,50,53,62H,4-8,10-11,13-17,19,24,26,29,32-39,41-43,45-49,51-52,54-61H2,1-3H3/b12-9-,21-18-,23-20-,25-22-,28-27-,31-30-,44-40-,53-50-. The van der Waals surface area contributed by atoms with Crippen molar-refractivity contribution in [3.8, 4) is 0 Å². The molecule has 0 aromatic heterocycles. The summed E-state index contributed by atoms with van der Waals surface area (Å²) in [6.45, 7) is 6.43. The molecule has 0 radical (unpaired) electrons. The molecule has 1 unspecified atom stereocenters. The predicted molar refractivity (Wildman–Crippen MR) is 307 cm³/mol. The second-order valence-corrected chi connectivity index (χ2v) is 19.5. The van der Waals surface area contributed by atoms with Crippen molar-refractivity contribution in [2.45, 2.75) is 284 Å². The highest BCUT2D eigenvalue weighted by Gasteiger charge is 2.19. The van der Waals surface area contributed by atoms with Crippen LogP contribution >= 0.6 is 0 Å². The van der Waals surface area contributed by atoms with Gasteiger partial charge in [0.2, 0.25) is 0 Å². The molecule has 0 N–H and O–H groups in total. The van der Waals surface area contributed by atoms with Crippen molar-refractivity contribution in [2.75, 3.05) is 13.2 Å². The van der Waals surface area contributed by atoms with E-state index in [2.05, 4.69) is 106 Å². The zero-order valence-electron chi connectivity index (χ0n) is 46.5. The number of rotatable bonds is 53. The second-order valence-electron chi connectivity index (χ2n) is 19.5. The van der Waals surface area contributed by atoms with Crippen molar-refractivity contribution in [1.82, 2.24) is 0 Å². The quantitative estimate of drug-likeness (QED) is 0.0261. The van der Waals surface area contributed by atoms with Gasteiger partial charge in [0.25, 0.3) is 0 Å². The average molecular weight is 988 g/mol. The molecule has 0 saturated heterocycles. The number of unbranched alkanes of at least 4 members (excludes halogenated alkanes) is 26. The summed E-state index contributed by atoms with van der Waals surface area (Å²) >= 11 is 0. The Labute approximate surface area is 438 Å². The van der Waals surface area contributed by atoms with Crippen LogP contribution in [-0.4, -0.2) is 37.2 Å². The van der Waals surface area contributed by atoms with E-state index in [1.54, 1.807) is 0 Å². The first-order valence-electron chi connectivity index (χ1n) is 29.7. The van der Waals surface area contributed by atoms with Crippen molar-refractivity contribution >= 4 is 17.9 Å². The fraction of sp³-hybridized carbons (Fsp3) is 0.708. The molecule has 6 nitrogen and oxygen atoms in total. The van der Waals surface area contributed by atoms with Crippen LogP contribution < -0.4 is 0 Å². The van der Waals surface area contributed by atoms with Crippen LogP contribution in [0.5, 0.6) is 0 Å². The van der Waals surface area contributed by atoms with Gasteiger partial charge >= 0.3 is 17.9 Å². The van der Waals surface area contributed by atoms with E-state index >= 15 is 0 Å². The number of hydrogen-bond donors (Lipinski definition) is 0. The lowest BCUT2D eigenvalue weighted by molar-refractivity contribution is -0.166. The third-order valence-corrected chi connectivity index (χ3v) is 12.6. The van der Waals surface area contributed by atoms with E-state index < -0.39 is 12.1 Å². The summed E-state index contributed by atoms with van der Waals surface area (Å²) in [4.78, 5) is 38.1. The van der Waals surface area contributed by atoms with Crippen molar-refractivity contribution < 1.29 is 28.6 Å². The highest BCUT2D eigenvalue weighted by atomic mass is 16.6. The number of esters is 3. The maximum absolute atomic E-state index is 12.8. The predicted octanol–water partition coefficient (Wildman–Crippen LogP) is 20.1. The van der Waals surface area contributed by atoms with Crippen LogP contribution in [0, 0.1) is 0 Å². The summed E-state index contributed by atoms with van der Waals surface area (Å²) in [6, 6.07) is 0. The molecule has 0 heterocycles. The minimum absolute atomic E-state index is 0.109. The summed E-state index contributed by atoms with van der Waals surface area (Å²) in [5.41, 5.74) is 0. The molecule has 6 heteroatoms. The summed E-state index contributed by atoms with van der Waals surface area (Å²) in [5, 5.41) is 0. The fourth-order valence-corrected chi connectivity index (χ4v) is 8.11. The Bertz CT molecular complexity index is 1410. The van der Waals surface area contributed by atoms with Crippen LogP contribution in [0.15, 0.2) is 97.2 Å². The Morgan fingerprint density at radius 2 is 0.577 bits per heavy atom. The minimum atomic E-state index is -0.820. The molecule has 0 amide bonds. The van der Waals surface area contributed by atoms with E-state index in [-0.39, 0.29) is 31.6 Å². The highest BCUT2D eigenvalue weighted by Crippen LogP contribution is 2.15.